The number of halogens is 1. The third-order valence-electron chi connectivity index (χ3n) is 4.09. The average Bonchev–Trinajstić information content (AvgIpc) is 2.67. The highest BCUT2D eigenvalue weighted by Crippen LogP contribution is 2.31. The Morgan fingerprint density at radius 2 is 1.80 bits per heavy atom. The van der Waals surface area contributed by atoms with Crippen LogP contribution < -0.4 is 5.73 Å². The maximum absolute atomic E-state index is 13.9. The molecule has 3 nitrogen and oxygen atoms in total. The van der Waals surface area contributed by atoms with Gasteiger partial charge < -0.3 is 5.73 Å². The van der Waals surface area contributed by atoms with E-state index in [4.69, 9.17) is 5.73 Å². The van der Waals surface area contributed by atoms with Gasteiger partial charge in [0.05, 0.1) is 11.7 Å². The number of hydrogen-bond donors (Lipinski definition) is 1. The van der Waals surface area contributed by atoms with Crippen LogP contribution in [0.4, 0.5) is 10.1 Å². The van der Waals surface area contributed by atoms with Crippen LogP contribution in [0.15, 0.2) is 30.5 Å². The average molecular weight is 273 g/mol. The first-order valence-corrected chi connectivity index (χ1v) is 7.35. The van der Waals surface area contributed by atoms with Crippen LogP contribution in [-0.2, 0) is 0 Å². The largest absolute Gasteiger partial charge is 0.396 e. The summed E-state index contributed by atoms with van der Waals surface area (Å²) in [5.74, 6) is -0.273. The first-order chi connectivity index (χ1) is 9.75. The minimum Gasteiger partial charge on any atom is -0.396 e. The van der Waals surface area contributed by atoms with Gasteiger partial charge in [-0.3, -0.25) is 4.68 Å². The van der Waals surface area contributed by atoms with Crippen molar-refractivity contribution in [1.82, 2.24) is 9.78 Å². The van der Waals surface area contributed by atoms with Crippen LogP contribution >= 0.6 is 0 Å². The number of hydrogen-bond acceptors (Lipinski definition) is 2. The molecular formula is C16H20FN3. The predicted octanol–water partition coefficient (Wildman–Crippen LogP) is 4.17. The molecule has 0 spiro atoms. The number of rotatable bonds is 2. The molecule has 0 radical (unpaired) electrons. The van der Waals surface area contributed by atoms with Crippen molar-refractivity contribution in [2.75, 3.05) is 5.73 Å². The van der Waals surface area contributed by atoms with Crippen LogP contribution in [0.5, 0.6) is 0 Å². The molecule has 0 aliphatic heterocycles. The zero-order chi connectivity index (χ0) is 13.9. The quantitative estimate of drug-likeness (QED) is 0.835. The summed E-state index contributed by atoms with van der Waals surface area (Å²) in [6.07, 6.45) is 9.20. The second-order valence-corrected chi connectivity index (χ2v) is 5.54. The highest BCUT2D eigenvalue weighted by atomic mass is 19.1. The Hall–Kier alpha value is -1.84. The number of nitrogens with two attached hydrogens (primary N) is 1. The van der Waals surface area contributed by atoms with Gasteiger partial charge >= 0.3 is 0 Å². The van der Waals surface area contributed by atoms with E-state index in [0.29, 0.717) is 23.0 Å². The third-order valence-corrected chi connectivity index (χ3v) is 4.09. The summed E-state index contributed by atoms with van der Waals surface area (Å²) in [7, 11) is 0. The molecular weight excluding hydrogens is 253 g/mol. The summed E-state index contributed by atoms with van der Waals surface area (Å²) in [5, 5.41) is 4.56. The van der Waals surface area contributed by atoms with Crippen molar-refractivity contribution >= 4 is 5.69 Å². The fourth-order valence-corrected chi connectivity index (χ4v) is 2.98. The highest BCUT2D eigenvalue weighted by molar-refractivity contribution is 5.72. The Bertz CT molecular complexity index is 583. The van der Waals surface area contributed by atoms with Gasteiger partial charge in [0.1, 0.15) is 11.5 Å². The number of benzene rings is 1. The van der Waals surface area contributed by atoms with Crippen molar-refractivity contribution in [3.63, 3.8) is 0 Å². The Kier molecular flexibility index (Phi) is 3.72. The zero-order valence-electron chi connectivity index (χ0n) is 11.6. The first-order valence-electron chi connectivity index (χ1n) is 7.35. The molecule has 20 heavy (non-hydrogen) atoms. The maximum Gasteiger partial charge on any atom is 0.132 e. The molecule has 1 aliphatic carbocycles. The van der Waals surface area contributed by atoms with Crippen molar-refractivity contribution in [2.24, 2.45) is 0 Å². The summed E-state index contributed by atoms with van der Waals surface area (Å²) in [6, 6.07) is 7.06. The molecule has 1 aliphatic rings. The van der Waals surface area contributed by atoms with Crippen molar-refractivity contribution in [2.45, 2.75) is 44.6 Å². The van der Waals surface area contributed by atoms with Crippen LogP contribution in [-0.4, -0.2) is 9.78 Å². The Morgan fingerprint density at radius 1 is 1.10 bits per heavy atom. The van der Waals surface area contributed by atoms with Crippen LogP contribution in [0.2, 0.25) is 0 Å². The minimum absolute atomic E-state index is 0.273. The molecule has 0 unspecified atom stereocenters. The van der Waals surface area contributed by atoms with Crippen molar-refractivity contribution < 1.29 is 4.39 Å². The Labute approximate surface area is 118 Å². The van der Waals surface area contributed by atoms with E-state index < -0.39 is 0 Å². The van der Waals surface area contributed by atoms with E-state index in [9.17, 15) is 4.39 Å². The summed E-state index contributed by atoms with van der Waals surface area (Å²) < 4.78 is 15.8. The van der Waals surface area contributed by atoms with Crippen molar-refractivity contribution in [3.8, 4) is 11.3 Å². The molecule has 3 rings (SSSR count). The van der Waals surface area contributed by atoms with Crippen molar-refractivity contribution in [3.05, 3.63) is 36.3 Å². The molecule has 4 heteroatoms. The van der Waals surface area contributed by atoms with Crippen LogP contribution in [0.25, 0.3) is 11.3 Å². The van der Waals surface area contributed by atoms with Gasteiger partial charge in [0, 0.05) is 11.8 Å². The van der Waals surface area contributed by atoms with E-state index >= 15 is 0 Å². The van der Waals surface area contributed by atoms with E-state index in [1.807, 2.05) is 16.9 Å². The third kappa shape index (κ3) is 2.55. The molecule has 0 atom stereocenters. The van der Waals surface area contributed by atoms with E-state index in [2.05, 4.69) is 5.10 Å². The molecule has 1 saturated carbocycles. The molecule has 0 amide bonds. The van der Waals surface area contributed by atoms with E-state index in [1.165, 1.54) is 31.7 Å². The van der Waals surface area contributed by atoms with Crippen molar-refractivity contribution in [1.29, 1.82) is 0 Å². The van der Waals surface area contributed by atoms with Crippen LogP contribution in [0.1, 0.15) is 44.6 Å². The highest BCUT2D eigenvalue weighted by Gasteiger charge is 2.18. The number of nitrogens with zero attached hydrogens (tertiary/aromatic N) is 2. The fourth-order valence-electron chi connectivity index (χ4n) is 2.98. The van der Waals surface area contributed by atoms with Gasteiger partial charge in [-0.05, 0) is 25.0 Å². The lowest BCUT2D eigenvalue weighted by molar-refractivity contribution is 0.406. The molecule has 2 N–H and O–H groups in total. The summed E-state index contributed by atoms with van der Waals surface area (Å²) in [4.78, 5) is 0. The predicted molar refractivity (Wildman–Crippen MR) is 78.8 cm³/mol. The molecule has 1 heterocycles. The van der Waals surface area contributed by atoms with E-state index in [0.717, 1.165) is 12.8 Å². The lowest BCUT2D eigenvalue weighted by Crippen LogP contribution is -2.08. The van der Waals surface area contributed by atoms with Gasteiger partial charge in [-0.15, -0.1) is 0 Å². The Balaban J connectivity index is 1.93. The number of aromatic nitrogens is 2. The van der Waals surface area contributed by atoms with Gasteiger partial charge in [-0.25, -0.2) is 4.39 Å². The molecule has 1 aromatic heterocycles. The van der Waals surface area contributed by atoms with Gasteiger partial charge in [-0.1, -0.05) is 37.8 Å². The molecule has 1 aromatic carbocycles. The van der Waals surface area contributed by atoms with Gasteiger partial charge in [0.25, 0.3) is 0 Å². The summed E-state index contributed by atoms with van der Waals surface area (Å²) in [5.41, 5.74) is 7.64. The normalized spacial score (nSPS) is 17.1. The first kappa shape index (κ1) is 13.2. The molecule has 0 saturated heterocycles. The number of anilines is 1. The molecule has 106 valence electrons. The second kappa shape index (κ2) is 5.65. The topological polar surface area (TPSA) is 43.8 Å². The second-order valence-electron chi connectivity index (χ2n) is 5.54. The summed E-state index contributed by atoms with van der Waals surface area (Å²) >= 11 is 0. The lowest BCUT2D eigenvalue weighted by atomic mass is 10.1. The van der Waals surface area contributed by atoms with Crippen LogP contribution in [0, 0.1) is 5.82 Å². The van der Waals surface area contributed by atoms with E-state index in [-0.39, 0.29) is 5.82 Å². The lowest BCUT2D eigenvalue weighted by Gasteiger charge is -2.14. The monoisotopic (exact) mass is 273 g/mol. The Morgan fingerprint density at radius 3 is 2.50 bits per heavy atom. The van der Waals surface area contributed by atoms with Gasteiger partial charge in [0.15, 0.2) is 0 Å². The van der Waals surface area contributed by atoms with Gasteiger partial charge in [-0.2, -0.15) is 5.10 Å². The zero-order valence-corrected chi connectivity index (χ0v) is 11.6. The molecule has 1 fully saturated rings. The number of nitrogen functional groups attached to an aromatic ring is 1. The van der Waals surface area contributed by atoms with Gasteiger partial charge in [0.2, 0.25) is 0 Å². The summed E-state index contributed by atoms with van der Waals surface area (Å²) in [6.45, 7) is 0. The molecule has 2 aromatic rings. The fraction of sp³-hybridized carbons (Fsp3) is 0.438. The van der Waals surface area contributed by atoms with E-state index in [1.54, 1.807) is 12.1 Å². The smallest absolute Gasteiger partial charge is 0.132 e. The molecule has 0 bridgehead atoms. The SMILES string of the molecule is Nc1cn(C2CCCCCC2)nc1-c1ccccc1F. The standard InChI is InChI=1S/C16H20FN3/c17-14-10-6-5-9-13(14)16-15(18)11-20(19-16)12-7-3-1-2-4-8-12/h5-6,9-12H,1-4,7-8,18H2. The minimum atomic E-state index is -0.273. The van der Waals surface area contributed by atoms with Crippen LogP contribution in [0.3, 0.4) is 0 Å². The maximum atomic E-state index is 13.9.